The van der Waals surface area contributed by atoms with Crippen LogP contribution in [0.25, 0.3) is 27.7 Å². The first kappa shape index (κ1) is 27.2. The molecule has 208 valence electrons. The molecule has 10 heteroatoms. The number of carbonyl (C=O) groups excluding carboxylic acids is 1. The van der Waals surface area contributed by atoms with E-state index < -0.39 is 5.97 Å². The van der Waals surface area contributed by atoms with E-state index in [1.54, 1.807) is 48.8 Å². The molecule has 0 radical (unpaired) electrons. The Morgan fingerprint density at radius 3 is 2.24 bits per heavy atom. The van der Waals surface area contributed by atoms with E-state index in [4.69, 9.17) is 28.7 Å². The van der Waals surface area contributed by atoms with Gasteiger partial charge in [-0.2, -0.15) is 0 Å². The van der Waals surface area contributed by atoms with Crippen molar-refractivity contribution < 1.29 is 28.5 Å². The van der Waals surface area contributed by atoms with Crippen molar-refractivity contribution in [3.63, 3.8) is 0 Å². The van der Waals surface area contributed by atoms with E-state index in [-0.39, 0.29) is 23.7 Å². The number of ether oxygens (including phenoxy) is 5. The van der Waals surface area contributed by atoms with Crippen LogP contribution in [0.5, 0.6) is 23.0 Å². The number of methoxy groups -OCH3 is 4. The van der Waals surface area contributed by atoms with E-state index in [2.05, 4.69) is 4.98 Å². The van der Waals surface area contributed by atoms with Gasteiger partial charge in [0.2, 0.25) is 5.75 Å². The summed E-state index contributed by atoms with van der Waals surface area (Å²) in [5, 5.41) is 1.18. The highest BCUT2D eigenvalue weighted by atomic mass is 16.5. The van der Waals surface area contributed by atoms with Gasteiger partial charge < -0.3 is 23.7 Å². The van der Waals surface area contributed by atoms with E-state index in [1.165, 1.54) is 39.1 Å². The maximum Gasteiger partial charge on any atom is 0.357 e. The number of carbonyl (C=O) groups is 1. The van der Waals surface area contributed by atoms with Gasteiger partial charge in [0, 0.05) is 29.4 Å². The summed E-state index contributed by atoms with van der Waals surface area (Å²) in [7, 11) is 5.80. The summed E-state index contributed by atoms with van der Waals surface area (Å²) in [4.78, 5) is 35.1. The molecule has 0 aliphatic rings. The van der Waals surface area contributed by atoms with Crippen molar-refractivity contribution in [3.8, 4) is 39.9 Å². The zero-order valence-corrected chi connectivity index (χ0v) is 22.9. The number of aromatic nitrogens is 3. The standard InChI is InChI=1S/C31H27N3O7/c1-37-24-15-19(16-25(38-2)29(24)39-3)27-22-12-11-21(41-18-20-9-5-7-13-32-20)17-23(22)30(33-28(27)31(36)40-4)34-14-8-6-10-26(34)35/h5-17H,18H2,1-4H3. The molecule has 0 aliphatic carbocycles. The van der Waals surface area contributed by atoms with Crippen molar-refractivity contribution >= 4 is 16.7 Å². The van der Waals surface area contributed by atoms with Crippen molar-refractivity contribution in [2.75, 3.05) is 28.4 Å². The van der Waals surface area contributed by atoms with Crippen LogP contribution in [-0.4, -0.2) is 48.9 Å². The van der Waals surface area contributed by atoms with Gasteiger partial charge in [-0.05, 0) is 59.5 Å². The Hall–Kier alpha value is -5.38. The number of nitrogens with zero attached hydrogens (tertiary/aromatic N) is 3. The molecule has 0 amide bonds. The van der Waals surface area contributed by atoms with Gasteiger partial charge in [-0.25, -0.2) is 9.78 Å². The normalized spacial score (nSPS) is 10.7. The Morgan fingerprint density at radius 2 is 1.61 bits per heavy atom. The molecule has 0 saturated carbocycles. The van der Waals surface area contributed by atoms with E-state index in [0.717, 1.165) is 5.69 Å². The second-order valence-corrected chi connectivity index (χ2v) is 8.79. The van der Waals surface area contributed by atoms with Crippen molar-refractivity contribution in [2.45, 2.75) is 6.61 Å². The second-order valence-electron chi connectivity index (χ2n) is 8.79. The molecule has 10 nitrogen and oxygen atoms in total. The van der Waals surface area contributed by atoms with E-state index in [9.17, 15) is 9.59 Å². The molecular weight excluding hydrogens is 526 g/mol. The largest absolute Gasteiger partial charge is 0.493 e. The van der Waals surface area contributed by atoms with Crippen molar-refractivity contribution in [1.29, 1.82) is 0 Å². The molecule has 41 heavy (non-hydrogen) atoms. The molecule has 3 heterocycles. The van der Waals surface area contributed by atoms with Crippen LogP contribution >= 0.6 is 0 Å². The number of rotatable bonds is 9. The first-order valence-corrected chi connectivity index (χ1v) is 12.6. The fraction of sp³-hybridized carbons (Fsp3) is 0.161. The summed E-state index contributed by atoms with van der Waals surface area (Å²) in [6.45, 7) is 0.236. The van der Waals surface area contributed by atoms with Gasteiger partial charge in [0.15, 0.2) is 17.2 Å². The highest BCUT2D eigenvalue weighted by Gasteiger charge is 2.25. The Bertz CT molecular complexity index is 1760. The Kier molecular flexibility index (Phi) is 7.82. The van der Waals surface area contributed by atoms with Gasteiger partial charge in [-0.1, -0.05) is 12.1 Å². The van der Waals surface area contributed by atoms with Crippen LogP contribution in [0.1, 0.15) is 16.2 Å². The third-order valence-electron chi connectivity index (χ3n) is 6.45. The summed E-state index contributed by atoms with van der Waals surface area (Å²) in [6.07, 6.45) is 3.28. The zero-order chi connectivity index (χ0) is 28.9. The lowest BCUT2D eigenvalue weighted by Gasteiger charge is -2.19. The number of benzene rings is 2. The second kappa shape index (κ2) is 11.8. The maximum absolute atomic E-state index is 13.2. The first-order valence-electron chi connectivity index (χ1n) is 12.6. The molecule has 0 bridgehead atoms. The minimum absolute atomic E-state index is 0.00202. The predicted octanol–water partition coefficient (Wildman–Crippen LogP) is 4.84. The lowest BCUT2D eigenvalue weighted by molar-refractivity contribution is 0.0595. The molecule has 3 aromatic heterocycles. The highest BCUT2D eigenvalue weighted by molar-refractivity contribution is 6.09. The molecule has 0 unspecified atom stereocenters. The van der Waals surface area contributed by atoms with Crippen LogP contribution in [0.15, 0.2) is 83.9 Å². The SMILES string of the molecule is COC(=O)c1nc(-n2ccccc2=O)c2cc(OCc3ccccn3)ccc2c1-c1cc(OC)c(OC)c(OC)c1. The summed E-state index contributed by atoms with van der Waals surface area (Å²) >= 11 is 0. The van der Waals surface area contributed by atoms with Gasteiger partial charge in [-0.15, -0.1) is 0 Å². The van der Waals surface area contributed by atoms with Gasteiger partial charge in [0.05, 0.1) is 34.1 Å². The van der Waals surface area contributed by atoms with Crippen LogP contribution in [0.2, 0.25) is 0 Å². The molecular formula is C31H27N3O7. The number of hydrogen-bond acceptors (Lipinski definition) is 9. The average Bonchev–Trinajstić information content (AvgIpc) is 3.02. The Labute approximate surface area is 235 Å². The number of pyridine rings is 3. The van der Waals surface area contributed by atoms with Gasteiger partial charge in [-0.3, -0.25) is 14.3 Å². The molecule has 0 atom stereocenters. The smallest absolute Gasteiger partial charge is 0.357 e. The molecule has 0 spiro atoms. The molecule has 0 aliphatic heterocycles. The fourth-order valence-electron chi connectivity index (χ4n) is 4.55. The van der Waals surface area contributed by atoms with Crippen molar-refractivity contribution in [2.24, 2.45) is 0 Å². The van der Waals surface area contributed by atoms with Crippen LogP contribution < -0.4 is 24.5 Å². The minimum Gasteiger partial charge on any atom is -0.493 e. The van der Waals surface area contributed by atoms with Crippen LogP contribution in [0.3, 0.4) is 0 Å². The molecule has 2 aromatic carbocycles. The van der Waals surface area contributed by atoms with E-state index in [0.29, 0.717) is 44.9 Å². The lowest BCUT2D eigenvalue weighted by atomic mass is 9.95. The Balaban J connectivity index is 1.81. The van der Waals surface area contributed by atoms with Crippen LogP contribution in [0.4, 0.5) is 0 Å². The molecule has 0 N–H and O–H groups in total. The van der Waals surface area contributed by atoms with Gasteiger partial charge in [0.25, 0.3) is 5.56 Å². The van der Waals surface area contributed by atoms with Crippen molar-refractivity contribution in [3.05, 3.63) is 101 Å². The van der Waals surface area contributed by atoms with Gasteiger partial charge in [0.1, 0.15) is 18.2 Å². The summed E-state index contributed by atoms with van der Waals surface area (Å²) in [6, 6.07) is 19.2. The predicted molar refractivity (Wildman–Crippen MR) is 152 cm³/mol. The van der Waals surface area contributed by atoms with Crippen LogP contribution in [-0.2, 0) is 11.3 Å². The van der Waals surface area contributed by atoms with Crippen molar-refractivity contribution in [1.82, 2.24) is 14.5 Å². The third-order valence-corrected chi connectivity index (χ3v) is 6.45. The highest BCUT2D eigenvalue weighted by Crippen LogP contribution is 2.44. The summed E-state index contributed by atoms with van der Waals surface area (Å²) in [5.74, 6) is 1.26. The molecule has 0 saturated heterocycles. The number of hydrogen-bond donors (Lipinski definition) is 0. The van der Waals surface area contributed by atoms with Gasteiger partial charge >= 0.3 is 5.97 Å². The lowest BCUT2D eigenvalue weighted by Crippen LogP contribution is -2.19. The fourth-order valence-corrected chi connectivity index (χ4v) is 4.55. The summed E-state index contributed by atoms with van der Waals surface area (Å²) < 4.78 is 29.2. The third kappa shape index (κ3) is 5.27. The van der Waals surface area contributed by atoms with E-state index in [1.807, 2.05) is 24.3 Å². The maximum atomic E-state index is 13.2. The molecule has 5 aromatic rings. The topological polar surface area (TPSA) is 111 Å². The average molecular weight is 554 g/mol. The van der Waals surface area contributed by atoms with Crippen LogP contribution in [0, 0.1) is 0 Å². The van der Waals surface area contributed by atoms with E-state index >= 15 is 0 Å². The minimum atomic E-state index is -0.684. The molecule has 0 fully saturated rings. The Morgan fingerprint density at radius 1 is 0.854 bits per heavy atom. The monoisotopic (exact) mass is 553 g/mol. The summed E-state index contributed by atoms with van der Waals surface area (Å²) in [5.41, 5.74) is 1.45. The zero-order valence-electron chi connectivity index (χ0n) is 22.9. The molecule has 5 rings (SSSR count). The quantitative estimate of drug-likeness (QED) is 0.237. The number of esters is 1. The number of fused-ring (bicyclic) bond motifs is 1. The first-order chi connectivity index (χ1) is 20.0.